The summed E-state index contributed by atoms with van der Waals surface area (Å²) in [4.78, 5) is 4.11. The van der Waals surface area contributed by atoms with Crippen LogP contribution in [0.5, 0.6) is 0 Å². The summed E-state index contributed by atoms with van der Waals surface area (Å²) in [6.07, 6.45) is 3.30. The van der Waals surface area contributed by atoms with Crippen LogP contribution in [0, 0.1) is 11.3 Å². The van der Waals surface area contributed by atoms with Crippen molar-refractivity contribution in [3.8, 4) is 6.07 Å². The van der Waals surface area contributed by atoms with Crippen molar-refractivity contribution in [2.75, 3.05) is 7.05 Å². The molecule has 0 atom stereocenters. The van der Waals surface area contributed by atoms with E-state index < -0.39 is 18.3 Å². The molecule has 0 aliphatic carbocycles. The monoisotopic (exact) mass is 273 g/mol. The van der Waals surface area contributed by atoms with E-state index in [0.717, 1.165) is 11.0 Å². The average Bonchev–Trinajstić information content (AvgIpc) is 2.58. The molecule has 20 heavy (non-hydrogen) atoms. The van der Waals surface area contributed by atoms with Gasteiger partial charge in [-0.15, -0.1) is 0 Å². The Kier molecular flexibility index (Phi) is 3.87. The maximum Gasteiger partial charge on any atom is 0.496 e. The van der Waals surface area contributed by atoms with E-state index in [1.807, 2.05) is 34.7 Å². The Labute approximate surface area is 120 Å². The molecule has 5 nitrogen and oxygen atoms in total. The van der Waals surface area contributed by atoms with E-state index in [0.29, 0.717) is 12.1 Å². The van der Waals surface area contributed by atoms with E-state index in [9.17, 15) is 5.26 Å². The summed E-state index contributed by atoms with van der Waals surface area (Å²) in [5.74, 6) is 0. The fraction of sp³-hybridized carbons (Fsp3) is 0.571. The summed E-state index contributed by atoms with van der Waals surface area (Å²) >= 11 is 0. The topological polar surface area (TPSA) is 67.2 Å². The van der Waals surface area contributed by atoms with Crippen LogP contribution < -0.4 is 10.8 Å². The van der Waals surface area contributed by atoms with Gasteiger partial charge in [0.15, 0.2) is 0 Å². The molecular weight excluding hydrogens is 253 g/mol. The van der Waals surface area contributed by atoms with Crippen LogP contribution in [0.25, 0.3) is 0 Å². The molecule has 0 spiro atoms. The number of hydrogen-bond acceptors (Lipinski definition) is 5. The Morgan fingerprint density at radius 3 is 2.35 bits per heavy atom. The number of nitrogens with one attached hydrogen (secondary N) is 1. The van der Waals surface area contributed by atoms with Gasteiger partial charge in [0.25, 0.3) is 0 Å². The molecule has 106 valence electrons. The summed E-state index contributed by atoms with van der Waals surface area (Å²) in [6.45, 7) is 8.61. The van der Waals surface area contributed by atoms with Gasteiger partial charge in [-0.2, -0.15) is 5.26 Å². The highest BCUT2D eigenvalue weighted by molar-refractivity contribution is 6.63. The Morgan fingerprint density at radius 2 is 1.85 bits per heavy atom. The highest BCUT2D eigenvalue weighted by atomic mass is 16.7. The number of hydrogen-bond donors (Lipinski definition) is 1. The van der Waals surface area contributed by atoms with Crippen LogP contribution in [0.3, 0.4) is 0 Å². The molecule has 2 heterocycles. The van der Waals surface area contributed by atoms with Gasteiger partial charge in [-0.1, -0.05) is 0 Å². The molecule has 2 rings (SSSR count). The predicted octanol–water partition coefficient (Wildman–Crippen LogP) is 0.972. The van der Waals surface area contributed by atoms with Crippen molar-refractivity contribution in [1.82, 2.24) is 10.3 Å². The first-order valence-corrected chi connectivity index (χ1v) is 6.69. The second-order valence-electron chi connectivity index (χ2n) is 5.99. The summed E-state index contributed by atoms with van der Waals surface area (Å²) in [6, 6.07) is 2.18. The van der Waals surface area contributed by atoms with Gasteiger partial charge in [0.05, 0.1) is 16.8 Å². The van der Waals surface area contributed by atoms with Crippen LogP contribution in [-0.4, -0.2) is 30.4 Å². The van der Waals surface area contributed by atoms with Gasteiger partial charge in [0.2, 0.25) is 0 Å². The SMILES string of the molecule is CNCc1cncc(C#N)c1B1OC(C)(C)C(C)(C)O1. The van der Waals surface area contributed by atoms with Crippen LogP contribution >= 0.6 is 0 Å². The Morgan fingerprint density at radius 1 is 1.25 bits per heavy atom. The standard InChI is InChI=1S/C14H20BN3O2/c1-13(2)14(3,4)20-15(19-13)12-10(6-16)8-18-9-11(12)7-17-5/h8-9,17H,7H2,1-5H3. The van der Waals surface area contributed by atoms with Crippen molar-refractivity contribution < 1.29 is 9.31 Å². The first-order valence-electron chi connectivity index (χ1n) is 6.69. The summed E-state index contributed by atoms with van der Waals surface area (Å²) in [5.41, 5.74) is 1.34. The zero-order valence-electron chi connectivity index (χ0n) is 12.7. The van der Waals surface area contributed by atoms with Gasteiger partial charge in [0.1, 0.15) is 6.07 Å². The Balaban J connectivity index is 2.46. The van der Waals surface area contributed by atoms with E-state index >= 15 is 0 Å². The van der Waals surface area contributed by atoms with Crippen molar-refractivity contribution in [2.24, 2.45) is 0 Å². The molecule has 1 aliphatic heterocycles. The quantitative estimate of drug-likeness (QED) is 0.831. The normalized spacial score (nSPS) is 19.9. The van der Waals surface area contributed by atoms with Crippen LogP contribution in [0.15, 0.2) is 12.4 Å². The second kappa shape index (κ2) is 5.17. The number of nitriles is 1. The fourth-order valence-corrected chi connectivity index (χ4v) is 2.17. The van der Waals surface area contributed by atoms with Gasteiger partial charge in [-0.25, -0.2) is 0 Å². The highest BCUT2D eigenvalue weighted by Gasteiger charge is 2.52. The molecular formula is C14H20BN3O2. The third-order valence-electron chi connectivity index (χ3n) is 4.05. The van der Waals surface area contributed by atoms with E-state index in [2.05, 4.69) is 16.4 Å². The smallest absolute Gasteiger partial charge is 0.399 e. The van der Waals surface area contributed by atoms with Crippen LogP contribution in [0.4, 0.5) is 0 Å². The lowest BCUT2D eigenvalue weighted by Gasteiger charge is -2.32. The van der Waals surface area contributed by atoms with Crippen molar-refractivity contribution in [3.63, 3.8) is 0 Å². The minimum absolute atomic E-state index is 0.426. The molecule has 0 aromatic carbocycles. The molecule has 0 unspecified atom stereocenters. The van der Waals surface area contributed by atoms with E-state index in [-0.39, 0.29) is 0 Å². The van der Waals surface area contributed by atoms with Gasteiger partial charge in [0, 0.05) is 24.4 Å². The molecule has 1 aromatic rings. The molecule has 1 aliphatic rings. The summed E-state index contributed by atoms with van der Waals surface area (Å²) in [7, 11) is 1.31. The van der Waals surface area contributed by atoms with Crippen molar-refractivity contribution in [3.05, 3.63) is 23.5 Å². The largest absolute Gasteiger partial charge is 0.496 e. The van der Waals surface area contributed by atoms with E-state index in [1.54, 1.807) is 12.4 Å². The lowest BCUT2D eigenvalue weighted by molar-refractivity contribution is 0.00578. The van der Waals surface area contributed by atoms with Crippen LogP contribution in [0.1, 0.15) is 38.8 Å². The molecule has 0 bridgehead atoms. The maximum atomic E-state index is 9.31. The second-order valence-corrected chi connectivity index (χ2v) is 5.99. The molecule has 1 N–H and O–H groups in total. The van der Waals surface area contributed by atoms with Crippen LogP contribution in [0.2, 0.25) is 0 Å². The van der Waals surface area contributed by atoms with Crippen LogP contribution in [-0.2, 0) is 15.9 Å². The minimum Gasteiger partial charge on any atom is -0.399 e. The van der Waals surface area contributed by atoms with Crippen molar-refractivity contribution >= 4 is 12.6 Å². The minimum atomic E-state index is -0.541. The van der Waals surface area contributed by atoms with Crippen molar-refractivity contribution in [1.29, 1.82) is 5.26 Å². The molecule has 1 saturated heterocycles. The van der Waals surface area contributed by atoms with E-state index in [4.69, 9.17) is 9.31 Å². The maximum absolute atomic E-state index is 9.31. The molecule has 0 amide bonds. The van der Waals surface area contributed by atoms with Gasteiger partial charge in [-0.05, 0) is 40.3 Å². The zero-order chi connectivity index (χ0) is 15.0. The van der Waals surface area contributed by atoms with Gasteiger partial charge < -0.3 is 14.6 Å². The third kappa shape index (κ3) is 2.45. The molecule has 0 radical (unpaired) electrons. The Hall–Kier alpha value is -1.42. The lowest BCUT2D eigenvalue weighted by Crippen LogP contribution is -2.41. The number of nitrogens with zero attached hydrogens (tertiary/aromatic N) is 2. The first kappa shape index (κ1) is 15.0. The molecule has 1 aromatic heterocycles. The third-order valence-corrected chi connectivity index (χ3v) is 4.05. The lowest BCUT2D eigenvalue weighted by atomic mass is 9.74. The van der Waals surface area contributed by atoms with Crippen molar-refractivity contribution in [2.45, 2.75) is 45.4 Å². The number of rotatable bonds is 3. The first-order chi connectivity index (χ1) is 9.32. The van der Waals surface area contributed by atoms with Gasteiger partial charge >= 0.3 is 7.12 Å². The van der Waals surface area contributed by atoms with E-state index in [1.165, 1.54) is 0 Å². The number of pyridine rings is 1. The van der Waals surface area contributed by atoms with Gasteiger partial charge in [-0.3, -0.25) is 4.98 Å². The Bertz CT molecular complexity index is 536. The molecule has 6 heteroatoms. The molecule has 0 saturated carbocycles. The summed E-state index contributed by atoms with van der Waals surface area (Å²) < 4.78 is 12.1. The fourth-order valence-electron chi connectivity index (χ4n) is 2.17. The highest BCUT2D eigenvalue weighted by Crippen LogP contribution is 2.36. The zero-order valence-corrected chi connectivity index (χ0v) is 12.7. The molecule has 1 fully saturated rings. The number of aromatic nitrogens is 1. The predicted molar refractivity (Wildman–Crippen MR) is 77.4 cm³/mol. The average molecular weight is 273 g/mol. The summed E-state index contributed by atoms with van der Waals surface area (Å²) in [5, 5.41) is 12.4.